The second-order valence-corrected chi connectivity index (χ2v) is 2.39. The van der Waals surface area contributed by atoms with Gasteiger partial charge in [0.15, 0.2) is 0 Å². The van der Waals surface area contributed by atoms with E-state index in [-0.39, 0.29) is 5.91 Å². The average molecular weight is 199 g/mol. The first-order valence-electron chi connectivity index (χ1n) is 4.19. The lowest BCUT2D eigenvalue weighted by molar-refractivity contribution is -0.134. The summed E-state index contributed by atoms with van der Waals surface area (Å²) < 4.78 is 0. The van der Waals surface area contributed by atoms with Gasteiger partial charge in [-0.05, 0) is 12.6 Å². The van der Waals surface area contributed by atoms with Gasteiger partial charge in [0.1, 0.15) is 0 Å². The van der Waals surface area contributed by atoms with E-state index in [0.717, 1.165) is 19.9 Å². The van der Waals surface area contributed by atoms with Gasteiger partial charge in [0.05, 0.1) is 0 Å². The highest BCUT2D eigenvalue weighted by molar-refractivity contribution is 5.78. The van der Waals surface area contributed by atoms with E-state index in [9.17, 15) is 4.79 Å². The number of amides is 1. The smallest absolute Gasteiger partial charge is 0.300 e. The van der Waals surface area contributed by atoms with E-state index in [1.54, 1.807) is 11.1 Å². The summed E-state index contributed by atoms with van der Waals surface area (Å²) in [6.45, 7) is 11.4. The van der Waals surface area contributed by atoms with Crippen LogP contribution >= 0.6 is 0 Å². The van der Waals surface area contributed by atoms with Crippen LogP contribution in [0.15, 0.2) is 25.9 Å². The van der Waals surface area contributed by atoms with Crippen molar-refractivity contribution in [2.75, 3.05) is 6.54 Å². The summed E-state index contributed by atoms with van der Waals surface area (Å²) >= 11 is 0. The fourth-order valence-electron chi connectivity index (χ4n) is 0.862. The standard InChI is InChI=1S/C6H9NO.C2H4O2.C2H4/c1-2-7-5-3-4-6(7)8;1-2(3)4;1-2/h2H,1,3-5H2;1H3,(H,3,4);1-2H2. The Morgan fingerprint density at radius 1 is 1.57 bits per heavy atom. The molecule has 0 aromatic rings. The third-order valence-electron chi connectivity index (χ3n) is 1.33. The van der Waals surface area contributed by atoms with Crippen LogP contribution in [0.1, 0.15) is 19.8 Å². The van der Waals surface area contributed by atoms with Crippen molar-refractivity contribution in [3.63, 3.8) is 0 Å². The van der Waals surface area contributed by atoms with Crippen molar-refractivity contribution in [2.24, 2.45) is 0 Å². The third-order valence-corrected chi connectivity index (χ3v) is 1.33. The van der Waals surface area contributed by atoms with E-state index in [1.807, 2.05) is 0 Å². The maximum atomic E-state index is 10.7. The van der Waals surface area contributed by atoms with E-state index in [1.165, 1.54) is 0 Å². The van der Waals surface area contributed by atoms with Gasteiger partial charge >= 0.3 is 0 Å². The molecule has 0 saturated carbocycles. The first kappa shape index (κ1) is 14.9. The lowest BCUT2D eigenvalue weighted by atomic mass is 10.4. The number of carbonyl (C=O) groups excluding carboxylic acids is 1. The number of rotatable bonds is 1. The van der Waals surface area contributed by atoms with Gasteiger partial charge in [-0.2, -0.15) is 0 Å². The maximum Gasteiger partial charge on any atom is 0.300 e. The molecule has 0 radical (unpaired) electrons. The lowest BCUT2D eigenvalue weighted by Crippen LogP contribution is -2.16. The van der Waals surface area contributed by atoms with Crippen LogP contribution in [0, 0.1) is 0 Å². The minimum Gasteiger partial charge on any atom is -0.481 e. The molecule has 0 aromatic carbocycles. The molecule has 80 valence electrons. The van der Waals surface area contributed by atoms with Crippen molar-refractivity contribution in [1.82, 2.24) is 4.90 Å². The number of hydrogen-bond donors (Lipinski definition) is 1. The molecule has 0 spiro atoms. The van der Waals surface area contributed by atoms with E-state index >= 15 is 0 Å². The predicted molar refractivity (Wildman–Crippen MR) is 55.7 cm³/mol. The van der Waals surface area contributed by atoms with Crippen LogP contribution in [0.4, 0.5) is 0 Å². The number of carbonyl (C=O) groups is 2. The van der Waals surface area contributed by atoms with Gasteiger partial charge in [-0.3, -0.25) is 9.59 Å². The van der Waals surface area contributed by atoms with Gasteiger partial charge in [0.2, 0.25) is 5.91 Å². The SMILES string of the molecule is C=C.C=CN1CCCC1=O.CC(=O)O. The Hall–Kier alpha value is -1.58. The average Bonchev–Trinajstić information content (AvgIpc) is 2.53. The Bertz CT molecular complexity index is 198. The maximum absolute atomic E-state index is 10.7. The molecule has 1 amide bonds. The summed E-state index contributed by atoms with van der Waals surface area (Å²) in [7, 11) is 0. The molecular weight excluding hydrogens is 182 g/mol. The molecule has 0 unspecified atom stereocenters. The summed E-state index contributed by atoms with van der Waals surface area (Å²) in [6, 6.07) is 0. The zero-order chi connectivity index (χ0) is 11.6. The van der Waals surface area contributed by atoms with Crippen LogP contribution in [0.25, 0.3) is 0 Å². The number of hydrogen-bond acceptors (Lipinski definition) is 2. The number of carboxylic acid groups (broad SMARTS) is 1. The molecule has 0 bridgehead atoms. The third kappa shape index (κ3) is 8.52. The molecule has 0 atom stereocenters. The zero-order valence-corrected chi connectivity index (χ0v) is 8.53. The highest BCUT2D eigenvalue weighted by atomic mass is 16.4. The summed E-state index contributed by atoms with van der Waals surface area (Å²) in [4.78, 5) is 21.3. The Morgan fingerprint density at radius 2 is 2.00 bits per heavy atom. The lowest BCUT2D eigenvalue weighted by Gasteiger charge is -2.05. The summed E-state index contributed by atoms with van der Waals surface area (Å²) in [6.07, 6.45) is 3.28. The molecule has 1 aliphatic rings. The number of nitrogens with zero attached hydrogens (tertiary/aromatic N) is 1. The van der Waals surface area contributed by atoms with Gasteiger partial charge in [-0.15, -0.1) is 13.2 Å². The van der Waals surface area contributed by atoms with Crippen LogP contribution in [0.2, 0.25) is 0 Å². The fourth-order valence-corrected chi connectivity index (χ4v) is 0.862. The largest absolute Gasteiger partial charge is 0.481 e. The topological polar surface area (TPSA) is 57.6 Å². The first-order chi connectivity index (χ1) is 6.57. The molecule has 1 rings (SSSR count). The van der Waals surface area contributed by atoms with Gasteiger partial charge in [0, 0.05) is 19.9 Å². The van der Waals surface area contributed by atoms with Gasteiger partial charge < -0.3 is 10.0 Å². The molecule has 0 aliphatic carbocycles. The van der Waals surface area contributed by atoms with Crippen LogP contribution in [0.5, 0.6) is 0 Å². The molecule has 0 aromatic heterocycles. The minimum absolute atomic E-state index is 0.208. The van der Waals surface area contributed by atoms with Crippen LogP contribution in [-0.4, -0.2) is 28.4 Å². The first-order valence-corrected chi connectivity index (χ1v) is 4.19. The second kappa shape index (κ2) is 9.51. The van der Waals surface area contributed by atoms with Crippen LogP contribution in [0.3, 0.4) is 0 Å². The van der Waals surface area contributed by atoms with Gasteiger partial charge in [0.25, 0.3) is 5.97 Å². The summed E-state index contributed by atoms with van der Waals surface area (Å²) in [5.41, 5.74) is 0. The van der Waals surface area contributed by atoms with Crippen molar-refractivity contribution < 1.29 is 14.7 Å². The Morgan fingerprint density at radius 3 is 2.14 bits per heavy atom. The normalized spacial score (nSPS) is 13.2. The fraction of sp³-hybridized carbons (Fsp3) is 0.400. The number of aliphatic carboxylic acids is 1. The van der Waals surface area contributed by atoms with E-state index in [0.29, 0.717) is 6.42 Å². The molecule has 1 heterocycles. The Kier molecular flexibility index (Phi) is 10.1. The summed E-state index contributed by atoms with van der Waals surface area (Å²) in [5, 5.41) is 7.42. The zero-order valence-electron chi connectivity index (χ0n) is 8.53. The van der Waals surface area contributed by atoms with Crippen molar-refractivity contribution in [3.05, 3.63) is 25.9 Å². The van der Waals surface area contributed by atoms with Crippen molar-refractivity contribution in [1.29, 1.82) is 0 Å². The molecule has 1 N–H and O–H groups in total. The van der Waals surface area contributed by atoms with E-state index in [2.05, 4.69) is 19.7 Å². The van der Waals surface area contributed by atoms with Crippen molar-refractivity contribution >= 4 is 11.9 Å². The van der Waals surface area contributed by atoms with Crippen LogP contribution in [-0.2, 0) is 9.59 Å². The van der Waals surface area contributed by atoms with E-state index < -0.39 is 5.97 Å². The van der Waals surface area contributed by atoms with Crippen molar-refractivity contribution in [3.8, 4) is 0 Å². The summed E-state index contributed by atoms with van der Waals surface area (Å²) in [5.74, 6) is -0.625. The quantitative estimate of drug-likeness (QED) is 0.653. The Labute approximate surface area is 84.5 Å². The monoisotopic (exact) mass is 199 g/mol. The predicted octanol–water partition coefficient (Wildman–Crippen LogP) is 1.65. The van der Waals surface area contributed by atoms with Gasteiger partial charge in [-0.1, -0.05) is 6.58 Å². The van der Waals surface area contributed by atoms with Gasteiger partial charge in [-0.25, -0.2) is 0 Å². The molecule has 14 heavy (non-hydrogen) atoms. The minimum atomic E-state index is -0.833. The molecule has 1 saturated heterocycles. The molecule has 4 nitrogen and oxygen atoms in total. The number of carboxylic acids is 1. The molecule has 4 heteroatoms. The highest BCUT2D eigenvalue weighted by Gasteiger charge is 2.15. The second-order valence-electron chi connectivity index (χ2n) is 2.39. The Balaban J connectivity index is 0. The molecular formula is C10H17NO3. The van der Waals surface area contributed by atoms with E-state index in [4.69, 9.17) is 9.90 Å². The number of likely N-dealkylation sites (tertiary alicyclic amines) is 1. The highest BCUT2D eigenvalue weighted by Crippen LogP contribution is 2.08. The molecule has 1 aliphatic heterocycles. The molecule has 1 fully saturated rings. The van der Waals surface area contributed by atoms with Crippen LogP contribution < -0.4 is 0 Å². The van der Waals surface area contributed by atoms with Crippen molar-refractivity contribution in [2.45, 2.75) is 19.8 Å².